The minimum absolute atomic E-state index is 0.555. The monoisotopic (exact) mass is 206 g/mol. The second kappa shape index (κ2) is 6.59. The third kappa shape index (κ3) is 4.45. The van der Waals surface area contributed by atoms with Crippen molar-refractivity contribution in [1.29, 1.82) is 0 Å². The van der Waals surface area contributed by atoms with Crippen LogP contribution in [-0.4, -0.2) is 13.1 Å². The third-order valence-corrected chi connectivity index (χ3v) is 2.66. The number of nitrogens with two attached hydrogens (primary N) is 1. The first-order valence-corrected chi connectivity index (χ1v) is 5.74. The van der Waals surface area contributed by atoms with Crippen molar-refractivity contribution in [1.82, 2.24) is 5.32 Å². The van der Waals surface area contributed by atoms with E-state index in [2.05, 4.69) is 43.4 Å². The topological polar surface area (TPSA) is 38.0 Å². The predicted octanol–water partition coefficient (Wildman–Crippen LogP) is 1.93. The summed E-state index contributed by atoms with van der Waals surface area (Å²) >= 11 is 0. The molecule has 2 heteroatoms. The Morgan fingerprint density at radius 1 is 1.20 bits per heavy atom. The van der Waals surface area contributed by atoms with Gasteiger partial charge in [-0.05, 0) is 36.6 Å². The minimum atomic E-state index is 0.555. The van der Waals surface area contributed by atoms with E-state index in [1.165, 1.54) is 11.1 Å². The number of benzene rings is 1. The lowest BCUT2D eigenvalue weighted by atomic mass is 10.1. The van der Waals surface area contributed by atoms with Crippen LogP contribution in [0.4, 0.5) is 0 Å². The molecule has 15 heavy (non-hydrogen) atoms. The smallest absolute Gasteiger partial charge is 0.0205 e. The van der Waals surface area contributed by atoms with Crippen LogP contribution in [0, 0.1) is 5.92 Å². The summed E-state index contributed by atoms with van der Waals surface area (Å²) in [5.41, 5.74) is 8.29. The fourth-order valence-corrected chi connectivity index (χ4v) is 1.44. The summed E-state index contributed by atoms with van der Waals surface area (Å²) in [5, 5.41) is 3.41. The predicted molar refractivity (Wildman–Crippen MR) is 65.7 cm³/mol. The van der Waals surface area contributed by atoms with E-state index in [0.717, 1.165) is 26.1 Å². The van der Waals surface area contributed by atoms with Crippen molar-refractivity contribution in [2.45, 2.75) is 26.8 Å². The van der Waals surface area contributed by atoms with Gasteiger partial charge in [0.15, 0.2) is 0 Å². The van der Waals surface area contributed by atoms with Crippen LogP contribution in [0.5, 0.6) is 0 Å². The lowest BCUT2D eigenvalue weighted by Gasteiger charge is -2.10. The van der Waals surface area contributed by atoms with E-state index in [9.17, 15) is 0 Å². The highest BCUT2D eigenvalue weighted by atomic mass is 14.9. The van der Waals surface area contributed by atoms with E-state index < -0.39 is 0 Å². The molecule has 0 aliphatic carbocycles. The Bertz CT molecular complexity index is 266. The Morgan fingerprint density at radius 2 is 1.80 bits per heavy atom. The first-order valence-electron chi connectivity index (χ1n) is 5.74. The number of nitrogens with one attached hydrogen (secondary N) is 1. The van der Waals surface area contributed by atoms with Gasteiger partial charge in [-0.15, -0.1) is 0 Å². The third-order valence-electron chi connectivity index (χ3n) is 2.66. The summed E-state index contributed by atoms with van der Waals surface area (Å²) in [6.45, 7) is 7.02. The zero-order valence-electron chi connectivity index (χ0n) is 9.79. The SMILES string of the molecule is CCc1ccc(CNCC(C)CN)cc1. The molecule has 3 N–H and O–H groups in total. The summed E-state index contributed by atoms with van der Waals surface area (Å²) in [6, 6.07) is 8.78. The maximum absolute atomic E-state index is 5.55. The van der Waals surface area contributed by atoms with Gasteiger partial charge in [0.05, 0.1) is 0 Å². The van der Waals surface area contributed by atoms with Crippen molar-refractivity contribution in [2.75, 3.05) is 13.1 Å². The van der Waals surface area contributed by atoms with Crippen LogP contribution in [0.2, 0.25) is 0 Å². The zero-order chi connectivity index (χ0) is 11.1. The van der Waals surface area contributed by atoms with Gasteiger partial charge in [-0.2, -0.15) is 0 Å². The molecule has 1 rings (SSSR count). The molecule has 0 fully saturated rings. The van der Waals surface area contributed by atoms with Crippen molar-refractivity contribution in [3.8, 4) is 0 Å². The van der Waals surface area contributed by atoms with Crippen molar-refractivity contribution >= 4 is 0 Å². The highest BCUT2D eigenvalue weighted by molar-refractivity contribution is 5.22. The van der Waals surface area contributed by atoms with E-state index in [1.807, 2.05) is 0 Å². The second-order valence-electron chi connectivity index (χ2n) is 4.14. The molecule has 0 amide bonds. The first kappa shape index (κ1) is 12.2. The van der Waals surface area contributed by atoms with E-state index in [1.54, 1.807) is 0 Å². The van der Waals surface area contributed by atoms with Crippen LogP contribution in [0.25, 0.3) is 0 Å². The van der Waals surface area contributed by atoms with Crippen LogP contribution in [0.3, 0.4) is 0 Å². The molecule has 1 atom stereocenters. The van der Waals surface area contributed by atoms with E-state index in [4.69, 9.17) is 5.73 Å². The second-order valence-corrected chi connectivity index (χ2v) is 4.14. The van der Waals surface area contributed by atoms with Crippen LogP contribution in [-0.2, 0) is 13.0 Å². The van der Waals surface area contributed by atoms with Crippen LogP contribution in [0.1, 0.15) is 25.0 Å². The van der Waals surface area contributed by atoms with Gasteiger partial charge in [0, 0.05) is 6.54 Å². The Hall–Kier alpha value is -0.860. The molecule has 0 saturated carbocycles. The summed E-state index contributed by atoms with van der Waals surface area (Å²) < 4.78 is 0. The molecule has 0 aromatic heterocycles. The Kier molecular flexibility index (Phi) is 5.37. The average Bonchev–Trinajstić information content (AvgIpc) is 2.29. The molecule has 1 aromatic carbocycles. The fraction of sp³-hybridized carbons (Fsp3) is 0.538. The van der Waals surface area contributed by atoms with Crippen molar-refractivity contribution in [3.63, 3.8) is 0 Å². The maximum Gasteiger partial charge on any atom is 0.0205 e. The van der Waals surface area contributed by atoms with Gasteiger partial charge in [-0.3, -0.25) is 0 Å². The normalized spacial score (nSPS) is 12.7. The molecule has 0 aliphatic heterocycles. The molecule has 2 nitrogen and oxygen atoms in total. The zero-order valence-corrected chi connectivity index (χ0v) is 9.79. The quantitative estimate of drug-likeness (QED) is 0.746. The summed E-state index contributed by atoms with van der Waals surface area (Å²) in [7, 11) is 0. The lowest BCUT2D eigenvalue weighted by Crippen LogP contribution is -2.25. The molecular formula is C13H22N2. The fourth-order valence-electron chi connectivity index (χ4n) is 1.44. The maximum atomic E-state index is 5.55. The summed E-state index contributed by atoms with van der Waals surface area (Å²) in [4.78, 5) is 0. The van der Waals surface area contributed by atoms with Crippen LogP contribution >= 0.6 is 0 Å². The molecule has 1 aromatic rings. The minimum Gasteiger partial charge on any atom is -0.330 e. The van der Waals surface area contributed by atoms with E-state index in [0.29, 0.717) is 5.92 Å². The van der Waals surface area contributed by atoms with Gasteiger partial charge in [0.25, 0.3) is 0 Å². The van der Waals surface area contributed by atoms with Gasteiger partial charge in [0.2, 0.25) is 0 Å². The molecule has 0 saturated heterocycles. The molecule has 0 heterocycles. The molecular weight excluding hydrogens is 184 g/mol. The number of hydrogen-bond donors (Lipinski definition) is 2. The Balaban J connectivity index is 2.31. The van der Waals surface area contributed by atoms with Crippen molar-refractivity contribution in [2.24, 2.45) is 11.7 Å². The molecule has 0 spiro atoms. The number of hydrogen-bond acceptors (Lipinski definition) is 2. The molecule has 0 aliphatic rings. The first-order chi connectivity index (χ1) is 7.26. The van der Waals surface area contributed by atoms with E-state index >= 15 is 0 Å². The van der Waals surface area contributed by atoms with Gasteiger partial charge in [0.1, 0.15) is 0 Å². The Morgan fingerprint density at radius 3 is 2.33 bits per heavy atom. The number of rotatable bonds is 6. The number of aryl methyl sites for hydroxylation is 1. The molecule has 1 unspecified atom stereocenters. The van der Waals surface area contributed by atoms with Crippen molar-refractivity contribution in [3.05, 3.63) is 35.4 Å². The lowest BCUT2D eigenvalue weighted by molar-refractivity contribution is 0.522. The van der Waals surface area contributed by atoms with Crippen LogP contribution < -0.4 is 11.1 Å². The highest BCUT2D eigenvalue weighted by Crippen LogP contribution is 2.04. The van der Waals surface area contributed by atoms with Gasteiger partial charge in [-0.25, -0.2) is 0 Å². The highest BCUT2D eigenvalue weighted by Gasteiger charge is 1.98. The summed E-state index contributed by atoms with van der Waals surface area (Å²) in [5.74, 6) is 0.555. The standard InChI is InChI=1S/C13H22N2/c1-3-12-4-6-13(7-5-12)10-15-9-11(2)8-14/h4-7,11,15H,3,8-10,14H2,1-2H3. The van der Waals surface area contributed by atoms with Crippen LogP contribution in [0.15, 0.2) is 24.3 Å². The molecule has 84 valence electrons. The van der Waals surface area contributed by atoms with Crippen molar-refractivity contribution < 1.29 is 0 Å². The average molecular weight is 206 g/mol. The van der Waals surface area contributed by atoms with Gasteiger partial charge in [-0.1, -0.05) is 38.1 Å². The van der Waals surface area contributed by atoms with Gasteiger partial charge < -0.3 is 11.1 Å². The largest absolute Gasteiger partial charge is 0.330 e. The van der Waals surface area contributed by atoms with Gasteiger partial charge >= 0.3 is 0 Å². The molecule has 0 radical (unpaired) electrons. The Labute approximate surface area is 92.9 Å². The molecule has 0 bridgehead atoms. The summed E-state index contributed by atoms with van der Waals surface area (Å²) in [6.07, 6.45) is 1.11. The van der Waals surface area contributed by atoms with E-state index in [-0.39, 0.29) is 0 Å².